The first-order chi connectivity index (χ1) is 9.74. The summed E-state index contributed by atoms with van der Waals surface area (Å²) in [6.45, 7) is 4.41. The molecule has 0 aliphatic heterocycles. The van der Waals surface area contributed by atoms with E-state index in [1.54, 1.807) is 6.20 Å². The molecule has 20 heavy (non-hydrogen) atoms. The number of pyridine rings is 1. The van der Waals surface area contributed by atoms with Crippen molar-refractivity contribution in [3.63, 3.8) is 0 Å². The fraction of sp³-hybridized carbons (Fsp3) is 0.250. The molecule has 0 radical (unpaired) electrons. The molecule has 2 aromatic heterocycles. The molecule has 0 saturated carbocycles. The minimum Gasteiger partial charge on any atom is -0.484 e. The first-order valence-corrected chi connectivity index (χ1v) is 6.68. The molecule has 4 heteroatoms. The van der Waals surface area contributed by atoms with Crippen LogP contribution in [0.2, 0.25) is 0 Å². The third kappa shape index (κ3) is 2.64. The van der Waals surface area contributed by atoms with Crippen molar-refractivity contribution < 1.29 is 9.15 Å². The Morgan fingerprint density at radius 1 is 1.20 bits per heavy atom. The Morgan fingerprint density at radius 3 is 2.75 bits per heavy atom. The van der Waals surface area contributed by atoms with E-state index in [0.717, 1.165) is 23.3 Å². The molecule has 0 bridgehead atoms. The summed E-state index contributed by atoms with van der Waals surface area (Å²) in [5.74, 6) is 1.35. The van der Waals surface area contributed by atoms with Gasteiger partial charge in [-0.15, -0.1) is 0 Å². The number of fused-ring (bicyclic) bond motifs is 1. The molecule has 0 fully saturated rings. The number of aromatic nitrogens is 2. The van der Waals surface area contributed by atoms with Gasteiger partial charge in [0.2, 0.25) is 11.6 Å². The predicted molar refractivity (Wildman–Crippen MR) is 76.7 cm³/mol. The van der Waals surface area contributed by atoms with E-state index >= 15 is 0 Å². The van der Waals surface area contributed by atoms with Crippen molar-refractivity contribution >= 4 is 11.2 Å². The fourth-order valence-electron chi connectivity index (χ4n) is 2.00. The van der Waals surface area contributed by atoms with Crippen LogP contribution in [-0.2, 0) is 13.0 Å². The second-order valence-electron chi connectivity index (χ2n) is 4.73. The summed E-state index contributed by atoms with van der Waals surface area (Å²) in [6.07, 6.45) is 2.79. The average molecular weight is 268 g/mol. The maximum atomic E-state index is 5.67. The molecule has 3 aromatic rings. The summed E-state index contributed by atoms with van der Waals surface area (Å²) in [4.78, 5) is 8.56. The molecule has 1 aromatic carbocycles. The maximum Gasteiger partial charge on any atom is 0.247 e. The number of rotatable bonds is 4. The Morgan fingerprint density at radius 2 is 2.00 bits per heavy atom. The number of ether oxygens (including phenoxy) is 1. The lowest BCUT2D eigenvalue weighted by atomic mass is 10.2. The molecule has 0 saturated heterocycles. The lowest BCUT2D eigenvalue weighted by Crippen LogP contribution is -1.95. The van der Waals surface area contributed by atoms with Crippen LogP contribution in [0.1, 0.15) is 23.9 Å². The molecule has 0 atom stereocenters. The van der Waals surface area contributed by atoms with Crippen LogP contribution in [0.15, 0.2) is 40.9 Å². The van der Waals surface area contributed by atoms with Gasteiger partial charge in [-0.2, -0.15) is 0 Å². The zero-order chi connectivity index (χ0) is 13.9. The first kappa shape index (κ1) is 12.7. The Bertz CT molecular complexity index is 717. The third-order valence-corrected chi connectivity index (χ3v) is 3.12. The topological polar surface area (TPSA) is 48.2 Å². The summed E-state index contributed by atoms with van der Waals surface area (Å²) >= 11 is 0. The molecular weight excluding hydrogens is 252 g/mol. The van der Waals surface area contributed by atoms with E-state index in [0.29, 0.717) is 18.2 Å². The van der Waals surface area contributed by atoms with Gasteiger partial charge in [0.25, 0.3) is 0 Å². The van der Waals surface area contributed by atoms with Gasteiger partial charge in [0.1, 0.15) is 11.3 Å². The van der Waals surface area contributed by atoms with E-state index in [2.05, 4.69) is 29.0 Å². The summed E-state index contributed by atoms with van der Waals surface area (Å²) in [5, 5.41) is 0. The van der Waals surface area contributed by atoms with E-state index < -0.39 is 0 Å². The van der Waals surface area contributed by atoms with Crippen LogP contribution in [0.3, 0.4) is 0 Å². The van der Waals surface area contributed by atoms with Gasteiger partial charge < -0.3 is 9.15 Å². The van der Waals surface area contributed by atoms with E-state index in [-0.39, 0.29) is 0 Å². The van der Waals surface area contributed by atoms with Gasteiger partial charge in [0.15, 0.2) is 6.61 Å². The highest BCUT2D eigenvalue weighted by molar-refractivity contribution is 5.68. The zero-order valence-corrected chi connectivity index (χ0v) is 11.6. The van der Waals surface area contributed by atoms with Gasteiger partial charge in [0.05, 0.1) is 0 Å². The predicted octanol–water partition coefficient (Wildman–Crippen LogP) is 3.67. The van der Waals surface area contributed by atoms with Gasteiger partial charge in [-0.1, -0.05) is 19.1 Å². The third-order valence-electron chi connectivity index (χ3n) is 3.12. The molecular formula is C16H16N2O2. The van der Waals surface area contributed by atoms with Crippen molar-refractivity contribution in [2.24, 2.45) is 0 Å². The van der Waals surface area contributed by atoms with Gasteiger partial charge >= 0.3 is 0 Å². The second-order valence-corrected chi connectivity index (χ2v) is 4.73. The number of benzene rings is 1. The van der Waals surface area contributed by atoms with Crippen LogP contribution in [-0.4, -0.2) is 9.97 Å². The minimum atomic E-state index is 0.306. The van der Waals surface area contributed by atoms with Gasteiger partial charge in [-0.05, 0) is 42.7 Å². The largest absolute Gasteiger partial charge is 0.484 e. The van der Waals surface area contributed by atoms with E-state index in [1.165, 1.54) is 5.56 Å². The van der Waals surface area contributed by atoms with Crippen molar-refractivity contribution in [1.82, 2.24) is 9.97 Å². The summed E-state index contributed by atoms with van der Waals surface area (Å²) in [6, 6.07) is 10.00. The van der Waals surface area contributed by atoms with Crippen molar-refractivity contribution in [2.45, 2.75) is 26.9 Å². The number of nitrogens with zero attached hydrogens (tertiary/aromatic N) is 2. The van der Waals surface area contributed by atoms with Crippen LogP contribution in [0.4, 0.5) is 0 Å². The standard InChI is InChI=1S/C16H16N2O2/c1-3-12-4-6-13(7-5-12)19-10-15-18-14-8-11(2)9-17-16(14)20-15/h4-9H,3,10H2,1-2H3. The number of hydrogen-bond acceptors (Lipinski definition) is 4. The van der Waals surface area contributed by atoms with Crippen LogP contribution < -0.4 is 4.74 Å². The molecule has 0 aliphatic rings. The summed E-state index contributed by atoms with van der Waals surface area (Å²) < 4.78 is 11.2. The molecule has 0 N–H and O–H groups in total. The van der Waals surface area contributed by atoms with E-state index in [1.807, 2.05) is 25.1 Å². The second kappa shape index (κ2) is 5.33. The van der Waals surface area contributed by atoms with Gasteiger partial charge in [0, 0.05) is 6.20 Å². The summed E-state index contributed by atoms with van der Waals surface area (Å²) in [7, 11) is 0. The fourth-order valence-corrected chi connectivity index (χ4v) is 2.00. The van der Waals surface area contributed by atoms with Crippen molar-refractivity contribution in [1.29, 1.82) is 0 Å². The minimum absolute atomic E-state index is 0.306. The molecule has 0 aliphatic carbocycles. The quantitative estimate of drug-likeness (QED) is 0.724. The Hall–Kier alpha value is -2.36. The molecule has 4 nitrogen and oxygen atoms in total. The van der Waals surface area contributed by atoms with Crippen LogP contribution >= 0.6 is 0 Å². The molecule has 0 unspecified atom stereocenters. The highest BCUT2D eigenvalue weighted by Crippen LogP contribution is 2.17. The highest BCUT2D eigenvalue weighted by Gasteiger charge is 2.07. The smallest absolute Gasteiger partial charge is 0.247 e. The highest BCUT2D eigenvalue weighted by atomic mass is 16.5. The zero-order valence-electron chi connectivity index (χ0n) is 11.6. The van der Waals surface area contributed by atoms with Crippen molar-refractivity contribution in [3.8, 4) is 5.75 Å². The van der Waals surface area contributed by atoms with Crippen LogP contribution in [0.25, 0.3) is 11.2 Å². The monoisotopic (exact) mass is 268 g/mol. The van der Waals surface area contributed by atoms with Crippen molar-refractivity contribution in [3.05, 3.63) is 53.5 Å². The Labute approximate surface area is 117 Å². The maximum absolute atomic E-state index is 5.67. The lowest BCUT2D eigenvalue weighted by molar-refractivity contribution is 0.266. The van der Waals surface area contributed by atoms with E-state index in [9.17, 15) is 0 Å². The van der Waals surface area contributed by atoms with E-state index in [4.69, 9.17) is 9.15 Å². The molecule has 2 heterocycles. The lowest BCUT2D eigenvalue weighted by Gasteiger charge is -2.03. The SMILES string of the molecule is CCc1ccc(OCc2nc3cc(C)cnc3o2)cc1. The molecule has 3 rings (SSSR count). The number of hydrogen-bond donors (Lipinski definition) is 0. The molecule has 0 spiro atoms. The van der Waals surface area contributed by atoms with Crippen LogP contribution in [0.5, 0.6) is 5.75 Å². The molecule has 0 amide bonds. The number of aryl methyl sites for hydroxylation is 2. The normalized spacial score (nSPS) is 10.9. The van der Waals surface area contributed by atoms with Crippen molar-refractivity contribution in [2.75, 3.05) is 0 Å². The Kier molecular flexibility index (Phi) is 3.37. The summed E-state index contributed by atoms with van der Waals surface area (Å²) in [5.41, 5.74) is 3.67. The number of oxazole rings is 1. The van der Waals surface area contributed by atoms with Crippen LogP contribution in [0, 0.1) is 6.92 Å². The van der Waals surface area contributed by atoms with Gasteiger partial charge in [-0.25, -0.2) is 9.97 Å². The average Bonchev–Trinajstić information content (AvgIpc) is 2.87. The Balaban J connectivity index is 1.72. The molecule has 102 valence electrons. The first-order valence-electron chi connectivity index (χ1n) is 6.68. The van der Waals surface area contributed by atoms with Gasteiger partial charge in [-0.3, -0.25) is 0 Å².